The van der Waals surface area contributed by atoms with E-state index < -0.39 is 20.7 Å². The molecule has 19 heavy (non-hydrogen) atoms. The van der Waals surface area contributed by atoms with Gasteiger partial charge in [0.25, 0.3) is 10.0 Å². The number of aryl methyl sites for hydroxylation is 1. The third kappa shape index (κ3) is 3.03. The van der Waals surface area contributed by atoms with Gasteiger partial charge in [-0.25, -0.2) is 12.8 Å². The first kappa shape index (κ1) is 13.4. The van der Waals surface area contributed by atoms with Gasteiger partial charge in [0.15, 0.2) is 0 Å². The van der Waals surface area contributed by atoms with Gasteiger partial charge in [-0.05, 0) is 37.3 Å². The van der Waals surface area contributed by atoms with Crippen LogP contribution in [0.1, 0.15) is 5.56 Å². The zero-order chi connectivity index (χ0) is 14.0. The Morgan fingerprint density at radius 3 is 2.37 bits per heavy atom. The normalized spacial score (nSPS) is 11.3. The minimum Gasteiger partial charge on any atom is -0.399 e. The summed E-state index contributed by atoms with van der Waals surface area (Å²) in [7, 11) is -3.98. The Morgan fingerprint density at radius 2 is 1.74 bits per heavy atom. The zero-order valence-electron chi connectivity index (χ0n) is 10.2. The number of nitrogens with two attached hydrogens (primary N) is 1. The van der Waals surface area contributed by atoms with Gasteiger partial charge in [-0.2, -0.15) is 0 Å². The summed E-state index contributed by atoms with van der Waals surface area (Å²) in [6.45, 7) is 1.88. The van der Waals surface area contributed by atoms with Crippen LogP contribution in [0.25, 0.3) is 0 Å². The number of anilines is 2. The van der Waals surface area contributed by atoms with Gasteiger partial charge in [-0.15, -0.1) is 0 Å². The molecule has 0 atom stereocenters. The number of nitrogen functional groups attached to an aromatic ring is 1. The number of sulfonamides is 1. The molecule has 2 rings (SSSR count). The average molecular weight is 280 g/mol. The fourth-order valence-corrected chi connectivity index (χ4v) is 2.73. The van der Waals surface area contributed by atoms with Crippen LogP contribution in [0.2, 0.25) is 0 Å². The first-order valence-electron chi connectivity index (χ1n) is 5.53. The Kier molecular flexibility index (Phi) is 3.44. The molecule has 4 nitrogen and oxygen atoms in total. The molecular weight excluding hydrogens is 267 g/mol. The number of benzene rings is 2. The second kappa shape index (κ2) is 4.89. The number of halogens is 1. The van der Waals surface area contributed by atoms with Crippen molar-refractivity contribution in [3.63, 3.8) is 0 Å². The number of hydrogen-bond donors (Lipinski definition) is 2. The van der Waals surface area contributed by atoms with Crippen molar-refractivity contribution in [3.8, 4) is 0 Å². The fraction of sp³-hybridized carbons (Fsp3) is 0.0769. The quantitative estimate of drug-likeness (QED) is 0.848. The van der Waals surface area contributed by atoms with Crippen LogP contribution in [0.3, 0.4) is 0 Å². The first-order chi connectivity index (χ1) is 8.88. The van der Waals surface area contributed by atoms with Crippen molar-refractivity contribution in [2.24, 2.45) is 0 Å². The molecule has 0 aromatic heterocycles. The Labute approximate surface area is 111 Å². The van der Waals surface area contributed by atoms with E-state index in [1.165, 1.54) is 6.07 Å². The highest BCUT2D eigenvalue weighted by Gasteiger charge is 2.19. The van der Waals surface area contributed by atoms with E-state index in [0.29, 0.717) is 5.69 Å². The van der Waals surface area contributed by atoms with Crippen molar-refractivity contribution in [1.82, 2.24) is 0 Å². The zero-order valence-corrected chi connectivity index (χ0v) is 11.0. The van der Waals surface area contributed by atoms with E-state index in [0.717, 1.165) is 17.7 Å². The molecule has 0 saturated carbocycles. The summed E-state index contributed by atoms with van der Waals surface area (Å²) < 4.78 is 40.0. The molecule has 0 amide bonds. The van der Waals surface area contributed by atoms with Crippen LogP contribution in [0.4, 0.5) is 15.8 Å². The molecule has 0 unspecified atom stereocenters. The molecule has 6 heteroatoms. The minimum absolute atomic E-state index is 0.186. The van der Waals surface area contributed by atoms with Crippen LogP contribution < -0.4 is 10.5 Å². The van der Waals surface area contributed by atoms with Crippen LogP contribution in [0.5, 0.6) is 0 Å². The standard InChI is InChI=1S/C13H13FN2O2S/c1-9-2-5-11(6-3-9)16-19(17,18)13-8-10(15)4-7-12(13)14/h2-8,16H,15H2,1H3. The van der Waals surface area contributed by atoms with Crippen molar-refractivity contribution in [2.75, 3.05) is 10.5 Å². The maximum atomic E-state index is 13.6. The summed E-state index contributed by atoms with van der Waals surface area (Å²) in [6.07, 6.45) is 0. The van der Waals surface area contributed by atoms with Crippen LogP contribution in [0, 0.1) is 12.7 Å². The maximum Gasteiger partial charge on any atom is 0.264 e. The van der Waals surface area contributed by atoms with E-state index in [2.05, 4.69) is 4.72 Å². The van der Waals surface area contributed by atoms with Crippen molar-refractivity contribution < 1.29 is 12.8 Å². The van der Waals surface area contributed by atoms with E-state index in [1.54, 1.807) is 24.3 Å². The highest BCUT2D eigenvalue weighted by Crippen LogP contribution is 2.21. The largest absolute Gasteiger partial charge is 0.399 e. The monoisotopic (exact) mass is 280 g/mol. The van der Waals surface area contributed by atoms with Gasteiger partial charge in [0, 0.05) is 11.4 Å². The Bertz CT molecular complexity index is 697. The first-order valence-corrected chi connectivity index (χ1v) is 7.01. The van der Waals surface area contributed by atoms with Gasteiger partial charge >= 0.3 is 0 Å². The molecule has 100 valence electrons. The molecule has 0 bridgehead atoms. The molecule has 0 radical (unpaired) electrons. The molecule has 2 aromatic carbocycles. The lowest BCUT2D eigenvalue weighted by atomic mass is 10.2. The summed E-state index contributed by atoms with van der Waals surface area (Å²) >= 11 is 0. The van der Waals surface area contributed by atoms with E-state index in [-0.39, 0.29) is 5.69 Å². The lowest BCUT2D eigenvalue weighted by Gasteiger charge is -2.09. The second-order valence-corrected chi connectivity index (χ2v) is 5.81. The van der Waals surface area contributed by atoms with Gasteiger partial charge in [0.1, 0.15) is 10.7 Å². The topological polar surface area (TPSA) is 72.2 Å². The summed E-state index contributed by atoms with van der Waals surface area (Å²) in [6, 6.07) is 10.2. The van der Waals surface area contributed by atoms with Crippen LogP contribution in [-0.2, 0) is 10.0 Å². The highest BCUT2D eigenvalue weighted by atomic mass is 32.2. The van der Waals surface area contributed by atoms with Gasteiger partial charge in [0.05, 0.1) is 0 Å². The van der Waals surface area contributed by atoms with E-state index in [4.69, 9.17) is 5.73 Å². The van der Waals surface area contributed by atoms with Gasteiger partial charge in [0.2, 0.25) is 0 Å². The van der Waals surface area contributed by atoms with E-state index >= 15 is 0 Å². The van der Waals surface area contributed by atoms with Crippen LogP contribution >= 0.6 is 0 Å². The summed E-state index contributed by atoms with van der Waals surface area (Å²) in [5.41, 5.74) is 7.03. The van der Waals surface area contributed by atoms with Crippen molar-refractivity contribution in [3.05, 3.63) is 53.8 Å². The average Bonchev–Trinajstić information content (AvgIpc) is 2.35. The van der Waals surface area contributed by atoms with Gasteiger partial charge in [-0.3, -0.25) is 4.72 Å². The molecular formula is C13H13FN2O2S. The summed E-state index contributed by atoms with van der Waals surface area (Å²) in [5, 5.41) is 0. The van der Waals surface area contributed by atoms with Crippen molar-refractivity contribution >= 4 is 21.4 Å². The minimum atomic E-state index is -3.98. The Balaban J connectivity index is 2.37. The lowest BCUT2D eigenvalue weighted by molar-refractivity contribution is 0.570. The third-order valence-electron chi connectivity index (χ3n) is 2.55. The van der Waals surface area contributed by atoms with Crippen LogP contribution in [-0.4, -0.2) is 8.42 Å². The predicted molar refractivity (Wildman–Crippen MR) is 72.8 cm³/mol. The molecule has 0 saturated heterocycles. The summed E-state index contributed by atoms with van der Waals surface area (Å²) in [5.74, 6) is -0.839. The third-order valence-corrected chi connectivity index (χ3v) is 3.94. The van der Waals surface area contributed by atoms with E-state index in [9.17, 15) is 12.8 Å². The van der Waals surface area contributed by atoms with Crippen LogP contribution in [0.15, 0.2) is 47.4 Å². The molecule has 0 heterocycles. The Morgan fingerprint density at radius 1 is 1.11 bits per heavy atom. The number of nitrogens with one attached hydrogen (secondary N) is 1. The molecule has 0 aliphatic rings. The highest BCUT2D eigenvalue weighted by molar-refractivity contribution is 7.92. The molecule has 2 aromatic rings. The summed E-state index contributed by atoms with van der Waals surface area (Å²) in [4.78, 5) is -0.465. The van der Waals surface area contributed by atoms with Crippen molar-refractivity contribution in [2.45, 2.75) is 11.8 Å². The molecule has 0 aliphatic carbocycles. The second-order valence-electron chi connectivity index (χ2n) is 4.16. The van der Waals surface area contributed by atoms with Crippen molar-refractivity contribution in [1.29, 1.82) is 0 Å². The predicted octanol–water partition coefficient (Wildman–Crippen LogP) is 2.52. The Hall–Kier alpha value is -2.08. The SMILES string of the molecule is Cc1ccc(NS(=O)(=O)c2cc(N)ccc2F)cc1. The molecule has 0 spiro atoms. The number of hydrogen-bond acceptors (Lipinski definition) is 3. The smallest absolute Gasteiger partial charge is 0.264 e. The maximum absolute atomic E-state index is 13.6. The molecule has 3 N–H and O–H groups in total. The molecule has 0 aliphatic heterocycles. The fourth-order valence-electron chi connectivity index (χ4n) is 1.56. The lowest BCUT2D eigenvalue weighted by Crippen LogP contribution is -2.14. The molecule has 0 fully saturated rings. The van der Waals surface area contributed by atoms with Gasteiger partial charge < -0.3 is 5.73 Å². The van der Waals surface area contributed by atoms with Gasteiger partial charge in [-0.1, -0.05) is 17.7 Å². The van der Waals surface area contributed by atoms with E-state index in [1.807, 2.05) is 6.92 Å². The number of rotatable bonds is 3.